The second-order valence-corrected chi connectivity index (χ2v) is 5.66. The summed E-state index contributed by atoms with van der Waals surface area (Å²) in [6, 6.07) is 0. The van der Waals surface area contributed by atoms with Gasteiger partial charge in [0.1, 0.15) is 6.10 Å². The number of carbonyl (C=O) groups is 1. The van der Waals surface area contributed by atoms with Crippen molar-refractivity contribution < 1.29 is 9.90 Å². The highest BCUT2D eigenvalue weighted by atomic mass is 16.3. The van der Waals surface area contributed by atoms with Crippen LogP contribution in [0.4, 0.5) is 0 Å². The van der Waals surface area contributed by atoms with Crippen molar-refractivity contribution in [3.8, 4) is 0 Å². The number of hydrogen-bond acceptors (Lipinski definition) is 2. The van der Waals surface area contributed by atoms with Gasteiger partial charge in [-0.25, -0.2) is 0 Å². The number of aliphatic hydroxyl groups is 1. The van der Waals surface area contributed by atoms with Crippen molar-refractivity contribution in [3.05, 3.63) is 0 Å². The van der Waals surface area contributed by atoms with Crippen LogP contribution in [0.25, 0.3) is 0 Å². The minimum atomic E-state index is -0.704. The minimum absolute atomic E-state index is 0.0332. The number of aliphatic hydroxyl groups excluding tert-OH is 1. The Labute approximate surface area is 99.4 Å². The molecule has 0 amide bonds. The maximum Gasteiger partial charge on any atom is 0.161 e. The third-order valence-corrected chi connectivity index (χ3v) is 3.55. The van der Waals surface area contributed by atoms with Crippen LogP contribution in [0.15, 0.2) is 0 Å². The van der Waals surface area contributed by atoms with Crippen molar-refractivity contribution in [2.75, 3.05) is 0 Å². The number of carbonyl (C=O) groups excluding carboxylic acids is 1. The molecule has 1 aliphatic carbocycles. The first-order chi connectivity index (χ1) is 7.59. The summed E-state index contributed by atoms with van der Waals surface area (Å²) in [4.78, 5) is 11.6. The molecule has 0 aromatic heterocycles. The highest BCUT2D eigenvalue weighted by Crippen LogP contribution is 2.27. The first kappa shape index (κ1) is 13.7. The molecule has 0 bridgehead atoms. The minimum Gasteiger partial charge on any atom is -0.385 e. The predicted octanol–water partition coefficient (Wildman–Crippen LogP) is 3.32. The topological polar surface area (TPSA) is 37.3 Å². The van der Waals surface area contributed by atoms with E-state index in [-0.39, 0.29) is 5.78 Å². The Morgan fingerprint density at radius 1 is 1.25 bits per heavy atom. The zero-order valence-electron chi connectivity index (χ0n) is 10.7. The fraction of sp³-hybridized carbons (Fsp3) is 0.929. The molecule has 1 atom stereocenters. The first-order valence-electron chi connectivity index (χ1n) is 6.80. The first-order valence-corrected chi connectivity index (χ1v) is 6.80. The molecule has 0 heterocycles. The van der Waals surface area contributed by atoms with Crippen LogP contribution >= 0.6 is 0 Å². The molecule has 0 saturated heterocycles. The largest absolute Gasteiger partial charge is 0.385 e. The van der Waals surface area contributed by atoms with Gasteiger partial charge in [-0.1, -0.05) is 46.0 Å². The molecule has 0 spiro atoms. The fourth-order valence-electron chi connectivity index (χ4n) is 2.57. The molecule has 1 saturated carbocycles. The maximum absolute atomic E-state index is 11.6. The van der Waals surface area contributed by atoms with E-state index in [0.29, 0.717) is 18.8 Å². The van der Waals surface area contributed by atoms with Crippen LogP contribution in [0.1, 0.15) is 65.2 Å². The summed E-state index contributed by atoms with van der Waals surface area (Å²) >= 11 is 0. The molecule has 0 aromatic rings. The number of rotatable bonds is 6. The Morgan fingerprint density at radius 2 is 1.88 bits per heavy atom. The van der Waals surface area contributed by atoms with E-state index in [9.17, 15) is 9.90 Å². The van der Waals surface area contributed by atoms with Crippen molar-refractivity contribution >= 4 is 5.78 Å². The molecule has 0 aromatic carbocycles. The molecule has 1 fully saturated rings. The van der Waals surface area contributed by atoms with Crippen LogP contribution in [0.3, 0.4) is 0 Å². The lowest BCUT2D eigenvalue weighted by Gasteiger charge is -2.22. The third kappa shape index (κ3) is 5.11. The summed E-state index contributed by atoms with van der Waals surface area (Å²) in [7, 11) is 0. The SMILES string of the molecule is CC(C)CC(=O)C(O)CCC1CCCCC1. The number of ketones is 1. The second-order valence-electron chi connectivity index (χ2n) is 5.66. The van der Waals surface area contributed by atoms with E-state index >= 15 is 0 Å². The predicted molar refractivity (Wildman–Crippen MR) is 66.3 cm³/mol. The molecule has 16 heavy (non-hydrogen) atoms. The normalized spacial score (nSPS) is 20.0. The van der Waals surface area contributed by atoms with Crippen molar-refractivity contribution in [2.24, 2.45) is 11.8 Å². The average Bonchev–Trinajstić information content (AvgIpc) is 2.26. The van der Waals surface area contributed by atoms with Gasteiger partial charge in [-0.05, 0) is 24.7 Å². The highest BCUT2D eigenvalue weighted by molar-refractivity contribution is 5.82. The lowest BCUT2D eigenvalue weighted by Crippen LogP contribution is -2.23. The van der Waals surface area contributed by atoms with Crippen molar-refractivity contribution in [3.63, 3.8) is 0 Å². The van der Waals surface area contributed by atoms with E-state index in [0.717, 1.165) is 12.3 Å². The standard InChI is InChI=1S/C14H26O2/c1-11(2)10-14(16)13(15)9-8-12-6-4-3-5-7-12/h11-13,15H,3-10H2,1-2H3. The Hall–Kier alpha value is -0.370. The van der Waals surface area contributed by atoms with Gasteiger partial charge < -0.3 is 5.11 Å². The summed E-state index contributed by atoms with van der Waals surface area (Å²) in [6.45, 7) is 4.04. The Morgan fingerprint density at radius 3 is 2.44 bits per heavy atom. The Bertz CT molecular complexity index is 205. The van der Waals surface area contributed by atoms with Crippen LogP contribution in [0.2, 0.25) is 0 Å². The molecule has 1 N–H and O–H groups in total. The zero-order valence-corrected chi connectivity index (χ0v) is 10.7. The van der Waals surface area contributed by atoms with Crippen molar-refractivity contribution in [1.82, 2.24) is 0 Å². The van der Waals surface area contributed by atoms with Gasteiger partial charge in [0.15, 0.2) is 5.78 Å². The second kappa shape index (κ2) is 7.05. The molecule has 0 radical (unpaired) electrons. The van der Waals surface area contributed by atoms with Crippen LogP contribution in [-0.4, -0.2) is 17.0 Å². The van der Waals surface area contributed by atoms with Gasteiger partial charge in [0.2, 0.25) is 0 Å². The summed E-state index contributed by atoms with van der Waals surface area (Å²) < 4.78 is 0. The molecule has 94 valence electrons. The fourth-order valence-corrected chi connectivity index (χ4v) is 2.57. The summed E-state index contributed by atoms with van der Waals surface area (Å²) in [5.74, 6) is 1.15. The summed E-state index contributed by atoms with van der Waals surface area (Å²) in [5.41, 5.74) is 0. The highest BCUT2D eigenvalue weighted by Gasteiger charge is 2.19. The number of Topliss-reactive ketones (excluding diaryl/α,β-unsaturated/α-hetero) is 1. The van der Waals surface area contributed by atoms with Crippen molar-refractivity contribution in [2.45, 2.75) is 71.3 Å². The van der Waals surface area contributed by atoms with Crippen LogP contribution < -0.4 is 0 Å². The number of hydrogen-bond donors (Lipinski definition) is 1. The summed E-state index contributed by atoms with van der Waals surface area (Å²) in [6.07, 6.45) is 8.15. The summed E-state index contributed by atoms with van der Waals surface area (Å²) in [5, 5.41) is 9.75. The van der Waals surface area contributed by atoms with Crippen molar-refractivity contribution in [1.29, 1.82) is 0 Å². The van der Waals surface area contributed by atoms with Gasteiger partial charge in [-0.15, -0.1) is 0 Å². The Kier molecular flexibility index (Phi) is 6.04. The molecule has 1 unspecified atom stereocenters. The van der Waals surface area contributed by atoms with E-state index in [1.807, 2.05) is 13.8 Å². The quantitative estimate of drug-likeness (QED) is 0.754. The van der Waals surface area contributed by atoms with E-state index < -0.39 is 6.10 Å². The monoisotopic (exact) mass is 226 g/mol. The van der Waals surface area contributed by atoms with E-state index in [1.165, 1.54) is 32.1 Å². The molecule has 2 nitrogen and oxygen atoms in total. The Balaban J connectivity index is 2.17. The van der Waals surface area contributed by atoms with Gasteiger partial charge >= 0.3 is 0 Å². The third-order valence-electron chi connectivity index (χ3n) is 3.55. The molecule has 1 aliphatic rings. The van der Waals surface area contributed by atoms with Crippen LogP contribution in [0, 0.1) is 11.8 Å². The van der Waals surface area contributed by atoms with Crippen LogP contribution in [-0.2, 0) is 4.79 Å². The molecule has 1 rings (SSSR count). The van der Waals surface area contributed by atoms with E-state index in [2.05, 4.69) is 0 Å². The lowest BCUT2D eigenvalue weighted by atomic mass is 9.85. The molecule has 2 heteroatoms. The van der Waals surface area contributed by atoms with Gasteiger partial charge in [0.05, 0.1) is 0 Å². The van der Waals surface area contributed by atoms with E-state index in [1.54, 1.807) is 0 Å². The smallest absolute Gasteiger partial charge is 0.161 e. The average molecular weight is 226 g/mol. The van der Waals surface area contributed by atoms with Gasteiger partial charge in [0, 0.05) is 6.42 Å². The van der Waals surface area contributed by atoms with Gasteiger partial charge in [-0.2, -0.15) is 0 Å². The maximum atomic E-state index is 11.6. The molecular weight excluding hydrogens is 200 g/mol. The molecule has 0 aliphatic heterocycles. The van der Waals surface area contributed by atoms with E-state index in [4.69, 9.17) is 0 Å². The van der Waals surface area contributed by atoms with Gasteiger partial charge in [-0.3, -0.25) is 4.79 Å². The lowest BCUT2D eigenvalue weighted by molar-refractivity contribution is -0.128. The molecular formula is C14H26O2. The zero-order chi connectivity index (χ0) is 12.0. The van der Waals surface area contributed by atoms with Gasteiger partial charge in [0.25, 0.3) is 0 Å². The van der Waals surface area contributed by atoms with Crippen LogP contribution in [0.5, 0.6) is 0 Å².